The van der Waals surface area contributed by atoms with Crippen molar-refractivity contribution in [2.45, 2.75) is 69.1 Å². The van der Waals surface area contributed by atoms with Crippen molar-refractivity contribution in [1.29, 1.82) is 0 Å². The molecule has 1 aliphatic carbocycles. The molecule has 3 unspecified atom stereocenters. The number of methoxy groups -OCH3 is 1. The highest BCUT2D eigenvalue weighted by Crippen LogP contribution is 2.41. The summed E-state index contributed by atoms with van der Waals surface area (Å²) in [4.78, 5) is 62.9. The average Bonchev–Trinajstić information content (AvgIpc) is 4.01. The minimum Gasteiger partial charge on any atom is -0.478 e. The number of carbonyl (C=O) groups is 3. The average molecular weight is 751 g/mol. The molecule has 9 rings (SSSR count). The minimum atomic E-state index is -0.702. The number of hydrogen-bond donors (Lipinski definition) is 2. The van der Waals surface area contributed by atoms with Crippen molar-refractivity contribution in [2.75, 3.05) is 56.0 Å². The van der Waals surface area contributed by atoms with E-state index in [1.165, 1.54) is 6.20 Å². The van der Waals surface area contributed by atoms with E-state index in [4.69, 9.17) is 9.84 Å². The first-order valence-electron chi connectivity index (χ1n) is 19.1. The largest absolute Gasteiger partial charge is 0.478 e. The maximum Gasteiger partial charge on any atom is 0.329 e. The number of anilines is 3. The number of para-hydroxylation sites is 1. The van der Waals surface area contributed by atoms with E-state index in [9.17, 15) is 19.2 Å². The summed E-state index contributed by atoms with van der Waals surface area (Å²) >= 11 is 0. The summed E-state index contributed by atoms with van der Waals surface area (Å²) in [5.74, 6) is -0.0865. The van der Waals surface area contributed by atoms with E-state index in [0.29, 0.717) is 47.2 Å². The highest BCUT2D eigenvalue weighted by atomic mass is 16.5. The zero-order valence-corrected chi connectivity index (χ0v) is 31.5. The van der Waals surface area contributed by atoms with Crippen molar-refractivity contribution in [3.8, 4) is 5.88 Å². The zero-order chi connectivity index (χ0) is 38.1. The number of imide groups is 1. The number of amides is 3. The van der Waals surface area contributed by atoms with E-state index in [1.54, 1.807) is 34.0 Å². The number of likely N-dealkylation sites (tertiary alicyclic amines) is 1. The second kappa shape index (κ2) is 13.5. The van der Waals surface area contributed by atoms with E-state index in [1.807, 2.05) is 48.2 Å². The van der Waals surface area contributed by atoms with Gasteiger partial charge in [-0.2, -0.15) is 5.10 Å². The lowest BCUT2D eigenvalue weighted by Gasteiger charge is -2.38. The molecule has 1 saturated carbocycles. The van der Waals surface area contributed by atoms with Crippen LogP contribution in [-0.2, 0) is 16.6 Å². The highest BCUT2D eigenvalue weighted by Gasteiger charge is 2.45. The van der Waals surface area contributed by atoms with Crippen molar-refractivity contribution >= 4 is 51.5 Å². The number of benzene rings is 1. The molecule has 4 aliphatic rings. The number of aryl methyl sites for hydroxylation is 1. The van der Waals surface area contributed by atoms with Crippen LogP contribution in [0.25, 0.3) is 16.7 Å². The van der Waals surface area contributed by atoms with Gasteiger partial charge in [-0.15, -0.1) is 5.10 Å². The van der Waals surface area contributed by atoms with Crippen LogP contribution in [0.3, 0.4) is 0 Å². The first kappa shape index (κ1) is 35.0. The Balaban J connectivity index is 0.823. The van der Waals surface area contributed by atoms with Gasteiger partial charge in [0.15, 0.2) is 5.65 Å². The fourth-order valence-corrected chi connectivity index (χ4v) is 9.32. The van der Waals surface area contributed by atoms with Gasteiger partial charge in [-0.1, -0.05) is 6.07 Å². The fraction of sp³-hybridized carbons (Fsp3) is 0.500. The van der Waals surface area contributed by atoms with Gasteiger partial charge in [0.1, 0.15) is 17.3 Å². The molecule has 3 aliphatic heterocycles. The number of hydrogen-bond acceptors (Lipinski definition) is 11. The first-order chi connectivity index (χ1) is 26.6. The summed E-state index contributed by atoms with van der Waals surface area (Å²) in [5.41, 5.74) is 4.56. The third kappa shape index (κ3) is 6.00. The molecule has 2 bridgehead atoms. The van der Waals surface area contributed by atoms with Crippen molar-refractivity contribution < 1.29 is 19.1 Å². The smallest absolute Gasteiger partial charge is 0.329 e. The predicted molar refractivity (Wildman–Crippen MR) is 205 cm³/mol. The van der Waals surface area contributed by atoms with Crippen LogP contribution < -0.4 is 30.9 Å². The number of piperazine rings is 1. The van der Waals surface area contributed by atoms with Crippen LogP contribution in [0, 0.1) is 5.92 Å². The normalized spacial score (nSPS) is 24.2. The molecule has 4 fully saturated rings. The Kier molecular flexibility index (Phi) is 8.62. The van der Waals surface area contributed by atoms with Crippen molar-refractivity contribution in [3.63, 3.8) is 0 Å². The Labute approximate surface area is 316 Å². The minimum absolute atomic E-state index is 0.212. The molecule has 0 radical (unpaired) electrons. The molecule has 5 aromatic rings. The molecular weight excluding hydrogens is 704 g/mol. The summed E-state index contributed by atoms with van der Waals surface area (Å²) in [7, 11) is 7.17. The molecule has 17 nitrogen and oxygen atoms in total. The van der Waals surface area contributed by atoms with Gasteiger partial charge in [0, 0.05) is 59.3 Å². The number of rotatable bonds is 9. The van der Waals surface area contributed by atoms with Crippen LogP contribution >= 0.6 is 0 Å². The second-order valence-electron chi connectivity index (χ2n) is 15.7. The maximum atomic E-state index is 13.5. The number of nitrogens with zero attached hydrogens (tertiary/aromatic N) is 10. The van der Waals surface area contributed by atoms with Crippen molar-refractivity contribution in [2.24, 2.45) is 13.0 Å². The summed E-state index contributed by atoms with van der Waals surface area (Å²) < 4.78 is 12.3. The van der Waals surface area contributed by atoms with Gasteiger partial charge in [-0.3, -0.25) is 38.4 Å². The topological polar surface area (TPSA) is 169 Å². The number of piperidine rings is 1. The van der Waals surface area contributed by atoms with Gasteiger partial charge < -0.3 is 19.9 Å². The molecule has 17 heteroatoms. The Morgan fingerprint density at radius 3 is 2.56 bits per heavy atom. The molecule has 1 aromatic carbocycles. The Morgan fingerprint density at radius 2 is 1.84 bits per heavy atom. The van der Waals surface area contributed by atoms with Gasteiger partial charge in [0.2, 0.25) is 11.8 Å². The number of ether oxygens (including phenoxy) is 1. The molecule has 7 heterocycles. The van der Waals surface area contributed by atoms with Crippen LogP contribution in [0.15, 0.2) is 47.8 Å². The monoisotopic (exact) mass is 750 g/mol. The predicted octanol–water partition coefficient (Wildman–Crippen LogP) is 2.58. The third-order valence-electron chi connectivity index (χ3n) is 12.2. The van der Waals surface area contributed by atoms with E-state index >= 15 is 0 Å². The summed E-state index contributed by atoms with van der Waals surface area (Å²) in [6.07, 6.45) is 12.7. The van der Waals surface area contributed by atoms with E-state index in [-0.39, 0.29) is 30.0 Å². The van der Waals surface area contributed by atoms with Crippen LogP contribution in [0.1, 0.15) is 67.4 Å². The molecule has 2 N–H and O–H groups in total. The van der Waals surface area contributed by atoms with Crippen LogP contribution in [-0.4, -0.2) is 109 Å². The quantitative estimate of drug-likeness (QED) is 0.213. The Bertz CT molecular complexity index is 2380. The molecule has 3 saturated heterocycles. The standard InChI is InChI=1S/C38H46N12O5/c1-44(2)26-15-39-34-27(16-40-49(34)20-26)35(52)41-28-21-48(43-37(28)55-4)23-10-8-22(9-11-23)17-46-18-25-14-24(46)19-47(25)29-6-5-7-30-33(29)45(3)38(54)50(30)31-12-13-32(51)42-36(31)53/h5-7,15-16,20-25,31H,8-14,17-19H2,1-4H3,(H,41,52)(H,42,51,53). The molecule has 0 spiro atoms. The van der Waals surface area contributed by atoms with Gasteiger partial charge in [0.25, 0.3) is 11.8 Å². The van der Waals surface area contributed by atoms with Crippen LogP contribution in [0.2, 0.25) is 0 Å². The lowest BCUT2D eigenvalue weighted by atomic mass is 9.85. The van der Waals surface area contributed by atoms with E-state index in [2.05, 4.69) is 36.6 Å². The second-order valence-corrected chi connectivity index (χ2v) is 15.7. The molecule has 55 heavy (non-hydrogen) atoms. The first-order valence-corrected chi connectivity index (χ1v) is 19.1. The summed E-state index contributed by atoms with van der Waals surface area (Å²) in [6, 6.07) is 6.25. The van der Waals surface area contributed by atoms with Gasteiger partial charge in [0.05, 0.1) is 60.3 Å². The number of aromatic nitrogens is 7. The third-order valence-corrected chi connectivity index (χ3v) is 12.2. The number of nitrogens with one attached hydrogen (secondary N) is 2. The Hall–Kier alpha value is -5.71. The lowest BCUT2D eigenvalue weighted by Crippen LogP contribution is -2.48. The zero-order valence-electron chi connectivity index (χ0n) is 31.5. The van der Waals surface area contributed by atoms with Gasteiger partial charge in [-0.25, -0.2) is 14.3 Å². The molecule has 288 valence electrons. The Morgan fingerprint density at radius 1 is 1.02 bits per heavy atom. The fourth-order valence-electron chi connectivity index (χ4n) is 9.32. The summed E-state index contributed by atoms with van der Waals surface area (Å²) in [6.45, 7) is 2.92. The van der Waals surface area contributed by atoms with Gasteiger partial charge in [-0.05, 0) is 56.6 Å². The summed E-state index contributed by atoms with van der Waals surface area (Å²) in [5, 5.41) is 14.4. The number of carbonyl (C=O) groups excluding carboxylic acids is 3. The molecular formula is C38H46N12O5. The number of imidazole rings is 1. The van der Waals surface area contributed by atoms with E-state index < -0.39 is 11.9 Å². The molecule has 3 amide bonds. The van der Waals surface area contributed by atoms with Crippen molar-refractivity contribution in [1.82, 2.24) is 43.7 Å². The van der Waals surface area contributed by atoms with Gasteiger partial charge >= 0.3 is 5.69 Å². The SMILES string of the molecule is COc1nn(C2CCC(CN3CC4CC3CN4c3cccc4c3n(C)c(=O)n4C3CCC(=O)NC3=O)CC2)cc1NC(=O)c1cnn2cc(N(C)C)cnc12. The van der Waals surface area contributed by atoms with E-state index in [0.717, 1.165) is 74.1 Å². The van der Waals surface area contributed by atoms with Crippen LogP contribution in [0.5, 0.6) is 5.88 Å². The highest BCUT2D eigenvalue weighted by molar-refractivity contribution is 6.08. The maximum absolute atomic E-state index is 13.5. The lowest BCUT2D eigenvalue weighted by molar-refractivity contribution is -0.135. The molecule has 4 aromatic heterocycles. The van der Waals surface area contributed by atoms with Crippen LogP contribution in [0.4, 0.5) is 17.1 Å². The van der Waals surface area contributed by atoms with Crippen molar-refractivity contribution in [3.05, 3.63) is 59.0 Å². The number of fused-ring (bicyclic) bond motifs is 4. The molecule has 3 atom stereocenters.